The summed E-state index contributed by atoms with van der Waals surface area (Å²) in [6.07, 6.45) is 6.04. The second-order valence-electron chi connectivity index (χ2n) is 8.90. The van der Waals surface area contributed by atoms with Gasteiger partial charge in [0.25, 0.3) is 5.91 Å². The summed E-state index contributed by atoms with van der Waals surface area (Å²) in [5.74, 6) is 1.75. The molecule has 0 spiro atoms. The highest BCUT2D eigenvalue weighted by Crippen LogP contribution is 2.55. The van der Waals surface area contributed by atoms with Gasteiger partial charge in [0.2, 0.25) is 5.91 Å². The molecule has 6 heteroatoms. The molecule has 5 aliphatic rings. The lowest BCUT2D eigenvalue weighted by atomic mass is 9.53. The molecular formula is C20H25N3O3. The summed E-state index contributed by atoms with van der Waals surface area (Å²) in [7, 11) is 0. The van der Waals surface area contributed by atoms with Gasteiger partial charge in [-0.25, -0.2) is 0 Å². The van der Waals surface area contributed by atoms with Gasteiger partial charge in [-0.05, 0) is 74.5 Å². The Hall–Kier alpha value is -2.08. The molecule has 1 atom stereocenters. The molecule has 26 heavy (non-hydrogen) atoms. The van der Waals surface area contributed by atoms with Crippen molar-refractivity contribution >= 4 is 17.5 Å². The summed E-state index contributed by atoms with van der Waals surface area (Å²) in [5, 5.41) is 13.7. The molecule has 1 heterocycles. The van der Waals surface area contributed by atoms with Crippen LogP contribution in [-0.4, -0.2) is 33.9 Å². The number of benzene rings is 1. The van der Waals surface area contributed by atoms with Crippen LogP contribution >= 0.6 is 0 Å². The number of nitrogen functional groups attached to an aromatic ring is 1. The predicted octanol–water partition coefficient (Wildman–Crippen LogP) is 1.80. The molecule has 4 bridgehead atoms. The molecule has 6 nitrogen and oxygen atoms in total. The average molecular weight is 355 g/mol. The van der Waals surface area contributed by atoms with Crippen LogP contribution in [0.15, 0.2) is 18.2 Å². The lowest BCUT2D eigenvalue weighted by Crippen LogP contribution is -2.61. The van der Waals surface area contributed by atoms with Gasteiger partial charge in [0.05, 0.1) is 0 Å². The lowest BCUT2D eigenvalue weighted by molar-refractivity contribution is -0.129. The first-order valence-corrected chi connectivity index (χ1v) is 9.62. The number of nitrogens with two attached hydrogens (primary N) is 1. The van der Waals surface area contributed by atoms with Crippen molar-refractivity contribution in [2.45, 2.75) is 50.3 Å². The van der Waals surface area contributed by atoms with Crippen LogP contribution in [0.3, 0.4) is 0 Å². The summed E-state index contributed by atoms with van der Waals surface area (Å²) in [6, 6.07) is 4.87. The minimum absolute atomic E-state index is 0.0865. The highest BCUT2D eigenvalue weighted by Gasteiger charge is 2.51. The van der Waals surface area contributed by atoms with E-state index in [9.17, 15) is 14.7 Å². The zero-order valence-electron chi connectivity index (χ0n) is 14.8. The molecule has 1 aromatic carbocycles. The molecule has 1 unspecified atom stereocenters. The van der Waals surface area contributed by atoms with E-state index in [1.54, 1.807) is 18.2 Å². The van der Waals surface area contributed by atoms with Gasteiger partial charge in [0.1, 0.15) is 6.54 Å². The standard InChI is InChI=1S/C20H25N3O3/c21-14-1-2-15-16(6-14)19(26)23(18(15)25)10-17(24)22-20-7-11-3-12(8-20)5-13(4-11)9-20/h1-2,6,11-13,19,26H,3-5,7-10,21H2,(H,22,24). The summed E-state index contributed by atoms with van der Waals surface area (Å²) in [4.78, 5) is 26.6. The maximum atomic E-state index is 12.8. The molecule has 138 valence electrons. The number of aliphatic hydroxyl groups excluding tert-OH is 1. The third-order valence-corrected chi connectivity index (χ3v) is 6.90. The molecule has 2 amide bonds. The number of rotatable bonds is 3. The van der Waals surface area contributed by atoms with Crippen LogP contribution in [-0.2, 0) is 4.79 Å². The van der Waals surface area contributed by atoms with Gasteiger partial charge in [0.15, 0.2) is 6.23 Å². The number of aliphatic hydroxyl groups is 1. The van der Waals surface area contributed by atoms with E-state index in [2.05, 4.69) is 5.32 Å². The Kier molecular flexibility index (Phi) is 3.38. The second-order valence-corrected chi connectivity index (χ2v) is 8.90. The fourth-order valence-electron chi connectivity index (χ4n) is 6.34. The minimum atomic E-state index is -1.11. The van der Waals surface area contributed by atoms with E-state index in [-0.39, 0.29) is 23.9 Å². The van der Waals surface area contributed by atoms with Gasteiger partial charge >= 0.3 is 0 Å². The maximum absolute atomic E-state index is 12.8. The average Bonchev–Trinajstić information content (AvgIpc) is 2.77. The van der Waals surface area contributed by atoms with E-state index in [0.717, 1.165) is 37.0 Å². The Morgan fingerprint density at radius 2 is 1.81 bits per heavy atom. The smallest absolute Gasteiger partial charge is 0.257 e. The zero-order chi connectivity index (χ0) is 18.1. The highest BCUT2D eigenvalue weighted by molar-refractivity contribution is 6.01. The molecule has 6 rings (SSSR count). The van der Waals surface area contributed by atoms with Crippen molar-refractivity contribution in [3.63, 3.8) is 0 Å². The minimum Gasteiger partial charge on any atom is -0.399 e. The number of fused-ring (bicyclic) bond motifs is 1. The maximum Gasteiger partial charge on any atom is 0.257 e. The van der Waals surface area contributed by atoms with Crippen LogP contribution in [0.5, 0.6) is 0 Å². The van der Waals surface area contributed by atoms with E-state index in [4.69, 9.17) is 5.73 Å². The van der Waals surface area contributed by atoms with Gasteiger partial charge in [0, 0.05) is 22.4 Å². The van der Waals surface area contributed by atoms with Gasteiger partial charge in [-0.3, -0.25) is 14.5 Å². The van der Waals surface area contributed by atoms with Crippen LogP contribution in [0.1, 0.15) is 60.7 Å². The Balaban J connectivity index is 1.30. The Labute approximate surface area is 152 Å². The summed E-state index contributed by atoms with van der Waals surface area (Å²) >= 11 is 0. The Bertz CT molecular complexity index is 755. The number of nitrogens with zero attached hydrogens (tertiary/aromatic N) is 1. The molecule has 4 saturated carbocycles. The van der Waals surface area contributed by atoms with Crippen LogP contribution in [0.2, 0.25) is 0 Å². The van der Waals surface area contributed by atoms with Crippen LogP contribution < -0.4 is 11.1 Å². The summed E-state index contributed by atoms with van der Waals surface area (Å²) in [6.45, 7) is -0.115. The predicted molar refractivity (Wildman–Crippen MR) is 95.9 cm³/mol. The number of carbonyl (C=O) groups excluding carboxylic acids is 2. The number of carbonyl (C=O) groups is 2. The fourth-order valence-corrected chi connectivity index (χ4v) is 6.34. The van der Waals surface area contributed by atoms with E-state index in [1.165, 1.54) is 24.2 Å². The first-order valence-electron chi connectivity index (χ1n) is 9.62. The molecule has 4 N–H and O–H groups in total. The highest BCUT2D eigenvalue weighted by atomic mass is 16.3. The van der Waals surface area contributed by atoms with Crippen molar-refractivity contribution in [3.05, 3.63) is 29.3 Å². The fraction of sp³-hybridized carbons (Fsp3) is 0.600. The third-order valence-electron chi connectivity index (χ3n) is 6.90. The third kappa shape index (κ3) is 2.42. The number of amides is 2. The monoisotopic (exact) mass is 355 g/mol. The van der Waals surface area contributed by atoms with Crippen molar-refractivity contribution in [1.29, 1.82) is 0 Å². The molecule has 4 aliphatic carbocycles. The molecule has 0 saturated heterocycles. The van der Waals surface area contributed by atoms with Gasteiger partial charge < -0.3 is 16.2 Å². The van der Waals surface area contributed by atoms with Crippen molar-refractivity contribution in [2.75, 3.05) is 12.3 Å². The lowest BCUT2D eigenvalue weighted by Gasteiger charge is -2.57. The number of hydrogen-bond donors (Lipinski definition) is 3. The Morgan fingerprint density at radius 1 is 1.19 bits per heavy atom. The van der Waals surface area contributed by atoms with Crippen LogP contribution in [0.25, 0.3) is 0 Å². The van der Waals surface area contributed by atoms with E-state index in [1.807, 2.05) is 0 Å². The van der Waals surface area contributed by atoms with E-state index in [0.29, 0.717) is 16.8 Å². The molecule has 1 aliphatic heterocycles. The number of anilines is 1. The SMILES string of the molecule is Nc1ccc2c(c1)C(O)N(CC(=O)NC13CC4CC(CC(C4)C1)C3)C2=O. The molecular weight excluding hydrogens is 330 g/mol. The van der Waals surface area contributed by atoms with Gasteiger partial charge in [-0.2, -0.15) is 0 Å². The summed E-state index contributed by atoms with van der Waals surface area (Å²) in [5.41, 5.74) is 7.08. The normalized spacial score (nSPS) is 37.1. The van der Waals surface area contributed by atoms with E-state index >= 15 is 0 Å². The van der Waals surface area contributed by atoms with Crippen molar-refractivity contribution < 1.29 is 14.7 Å². The van der Waals surface area contributed by atoms with E-state index < -0.39 is 6.23 Å². The van der Waals surface area contributed by atoms with Crippen LogP contribution in [0, 0.1) is 17.8 Å². The number of hydrogen-bond acceptors (Lipinski definition) is 4. The van der Waals surface area contributed by atoms with Crippen molar-refractivity contribution in [1.82, 2.24) is 10.2 Å². The zero-order valence-corrected chi connectivity index (χ0v) is 14.8. The first kappa shape index (κ1) is 16.1. The topological polar surface area (TPSA) is 95.7 Å². The first-order chi connectivity index (χ1) is 12.4. The Morgan fingerprint density at radius 3 is 2.42 bits per heavy atom. The van der Waals surface area contributed by atoms with Gasteiger partial charge in [-0.1, -0.05) is 0 Å². The second kappa shape index (κ2) is 5.46. The largest absolute Gasteiger partial charge is 0.399 e. The van der Waals surface area contributed by atoms with Crippen molar-refractivity contribution in [2.24, 2.45) is 17.8 Å². The quantitative estimate of drug-likeness (QED) is 0.721. The molecule has 0 radical (unpaired) electrons. The van der Waals surface area contributed by atoms with Gasteiger partial charge in [-0.15, -0.1) is 0 Å². The molecule has 4 fully saturated rings. The van der Waals surface area contributed by atoms with Crippen LogP contribution in [0.4, 0.5) is 5.69 Å². The number of nitrogens with one attached hydrogen (secondary N) is 1. The summed E-state index contributed by atoms with van der Waals surface area (Å²) < 4.78 is 0. The molecule has 1 aromatic rings. The van der Waals surface area contributed by atoms with Crippen molar-refractivity contribution in [3.8, 4) is 0 Å². The molecule has 0 aromatic heterocycles.